The molecule has 0 aliphatic heterocycles. The Labute approximate surface area is 121 Å². The summed E-state index contributed by atoms with van der Waals surface area (Å²) < 4.78 is 26.7. The molecule has 2 rings (SSSR count). The van der Waals surface area contributed by atoms with E-state index in [1.54, 1.807) is 0 Å². The van der Waals surface area contributed by atoms with Gasteiger partial charge in [0.1, 0.15) is 5.75 Å². The number of nitrogens with one attached hydrogen (secondary N) is 1. The van der Waals surface area contributed by atoms with Crippen LogP contribution in [0.1, 0.15) is 10.4 Å². The van der Waals surface area contributed by atoms with Crippen molar-refractivity contribution in [2.75, 3.05) is 10.5 Å². The third-order valence-corrected chi connectivity index (χ3v) is 4.09. The SMILES string of the molecule is NC(=O)c1cccc(NS(=O)(=O)c2ccc(O)c(N)c2)c1. The van der Waals surface area contributed by atoms with Gasteiger partial charge >= 0.3 is 0 Å². The number of benzene rings is 2. The zero-order valence-electron chi connectivity index (χ0n) is 10.8. The zero-order chi connectivity index (χ0) is 15.6. The van der Waals surface area contributed by atoms with Gasteiger partial charge < -0.3 is 16.6 Å². The van der Waals surface area contributed by atoms with Gasteiger partial charge in [-0.15, -0.1) is 0 Å². The quantitative estimate of drug-likeness (QED) is 0.491. The second kappa shape index (κ2) is 5.33. The first kappa shape index (κ1) is 14.7. The van der Waals surface area contributed by atoms with Gasteiger partial charge in [0.15, 0.2) is 0 Å². The number of hydrogen-bond donors (Lipinski definition) is 4. The molecule has 2 aromatic rings. The third-order valence-electron chi connectivity index (χ3n) is 2.71. The summed E-state index contributed by atoms with van der Waals surface area (Å²) in [6, 6.07) is 9.31. The number of carbonyl (C=O) groups excluding carboxylic acids is 1. The van der Waals surface area contributed by atoms with E-state index in [9.17, 15) is 18.3 Å². The van der Waals surface area contributed by atoms with E-state index in [4.69, 9.17) is 11.5 Å². The summed E-state index contributed by atoms with van der Waals surface area (Å²) in [5, 5.41) is 9.31. The van der Waals surface area contributed by atoms with Crippen LogP contribution < -0.4 is 16.2 Å². The fourth-order valence-corrected chi connectivity index (χ4v) is 2.73. The van der Waals surface area contributed by atoms with Crippen molar-refractivity contribution in [2.24, 2.45) is 5.73 Å². The minimum absolute atomic E-state index is 0.0521. The third kappa shape index (κ3) is 3.23. The molecule has 110 valence electrons. The van der Waals surface area contributed by atoms with Crippen LogP contribution in [0, 0.1) is 0 Å². The van der Waals surface area contributed by atoms with Crippen molar-refractivity contribution in [3.63, 3.8) is 0 Å². The number of nitrogen functional groups attached to an aromatic ring is 1. The van der Waals surface area contributed by atoms with Crippen LogP contribution in [0.3, 0.4) is 0 Å². The first-order valence-electron chi connectivity index (χ1n) is 5.81. The summed E-state index contributed by atoms with van der Waals surface area (Å²) in [4.78, 5) is 11.0. The average molecular weight is 307 g/mol. The summed E-state index contributed by atoms with van der Waals surface area (Å²) in [5.74, 6) is -0.866. The highest BCUT2D eigenvalue weighted by Crippen LogP contribution is 2.24. The lowest BCUT2D eigenvalue weighted by Gasteiger charge is -2.09. The Hall–Kier alpha value is -2.74. The molecule has 0 unspecified atom stereocenters. The molecule has 0 spiro atoms. The number of phenols is 1. The van der Waals surface area contributed by atoms with Crippen molar-refractivity contribution >= 4 is 27.3 Å². The highest BCUT2D eigenvalue weighted by molar-refractivity contribution is 7.92. The molecule has 0 bridgehead atoms. The number of primary amides is 1. The van der Waals surface area contributed by atoms with E-state index in [-0.39, 0.29) is 27.6 Å². The van der Waals surface area contributed by atoms with Crippen LogP contribution in [0.5, 0.6) is 5.75 Å². The Morgan fingerprint density at radius 2 is 1.86 bits per heavy atom. The normalized spacial score (nSPS) is 11.0. The van der Waals surface area contributed by atoms with Gasteiger partial charge in [-0.25, -0.2) is 8.42 Å². The molecule has 7 nitrogen and oxygen atoms in total. The van der Waals surface area contributed by atoms with Gasteiger partial charge in [0.2, 0.25) is 5.91 Å². The van der Waals surface area contributed by atoms with Crippen LogP contribution in [0.4, 0.5) is 11.4 Å². The molecule has 0 aliphatic carbocycles. The Bertz CT molecular complexity index is 803. The van der Waals surface area contributed by atoms with Gasteiger partial charge in [-0.2, -0.15) is 0 Å². The molecule has 0 heterocycles. The lowest BCUT2D eigenvalue weighted by atomic mass is 10.2. The summed E-state index contributed by atoms with van der Waals surface area (Å²) in [5.41, 5.74) is 10.9. The van der Waals surface area contributed by atoms with E-state index in [2.05, 4.69) is 4.72 Å². The number of sulfonamides is 1. The topological polar surface area (TPSA) is 136 Å². The minimum atomic E-state index is -3.89. The van der Waals surface area contributed by atoms with Crippen molar-refractivity contribution in [1.29, 1.82) is 0 Å². The lowest BCUT2D eigenvalue weighted by Crippen LogP contribution is -2.15. The van der Waals surface area contributed by atoms with Crippen LogP contribution in [-0.4, -0.2) is 19.4 Å². The monoisotopic (exact) mass is 307 g/mol. The van der Waals surface area contributed by atoms with Crippen LogP contribution in [0.2, 0.25) is 0 Å². The number of amides is 1. The molecule has 8 heteroatoms. The maximum atomic E-state index is 12.2. The molecule has 0 atom stereocenters. The maximum absolute atomic E-state index is 12.2. The summed E-state index contributed by atoms with van der Waals surface area (Å²) in [6.45, 7) is 0. The first-order valence-corrected chi connectivity index (χ1v) is 7.29. The fourth-order valence-electron chi connectivity index (χ4n) is 1.65. The van der Waals surface area contributed by atoms with E-state index in [1.807, 2.05) is 0 Å². The van der Waals surface area contributed by atoms with Gasteiger partial charge in [0.05, 0.1) is 10.6 Å². The molecular weight excluding hydrogens is 294 g/mol. The molecule has 0 fully saturated rings. The second-order valence-corrected chi connectivity index (χ2v) is 5.95. The van der Waals surface area contributed by atoms with Crippen molar-refractivity contribution in [1.82, 2.24) is 0 Å². The van der Waals surface area contributed by atoms with Crippen molar-refractivity contribution in [3.8, 4) is 5.75 Å². The van der Waals surface area contributed by atoms with Crippen LogP contribution in [0.15, 0.2) is 47.4 Å². The van der Waals surface area contributed by atoms with Gasteiger partial charge in [0.25, 0.3) is 10.0 Å². The van der Waals surface area contributed by atoms with Crippen molar-refractivity contribution in [3.05, 3.63) is 48.0 Å². The number of nitrogens with two attached hydrogens (primary N) is 2. The fraction of sp³-hybridized carbons (Fsp3) is 0. The number of rotatable bonds is 4. The Balaban J connectivity index is 2.35. The van der Waals surface area contributed by atoms with Gasteiger partial charge in [-0.1, -0.05) is 6.07 Å². The Morgan fingerprint density at radius 1 is 1.14 bits per heavy atom. The van der Waals surface area contributed by atoms with Gasteiger partial charge in [0, 0.05) is 11.3 Å². The van der Waals surface area contributed by atoms with E-state index in [0.29, 0.717) is 0 Å². The molecule has 6 N–H and O–H groups in total. The van der Waals surface area contributed by atoms with Crippen LogP contribution in [-0.2, 0) is 10.0 Å². The largest absolute Gasteiger partial charge is 0.506 e. The standard InChI is InChI=1S/C13H13N3O4S/c14-11-7-10(4-5-12(11)17)21(19,20)16-9-3-1-2-8(6-9)13(15)18/h1-7,16-17H,14H2,(H2,15,18). The van der Waals surface area contributed by atoms with Gasteiger partial charge in [-0.3, -0.25) is 9.52 Å². The molecule has 0 aliphatic rings. The van der Waals surface area contributed by atoms with E-state index < -0.39 is 15.9 Å². The average Bonchev–Trinajstić information content (AvgIpc) is 2.41. The molecule has 1 amide bonds. The zero-order valence-corrected chi connectivity index (χ0v) is 11.6. The summed E-state index contributed by atoms with van der Waals surface area (Å²) >= 11 is 0. The predicted molar refractivity (Wildman–Crippen MR) is 78.3 cm³/mol. The molecular formula is C13H13N3O4S. The van der Waals surface area contributed by atoms with Gasteiger partial charge in [-0.05, 0) is 36.4 Å². The summed E-state index contributed by atoms with van der Waals surface area (Å²) in [6.07, 6.45) is 0. The highest BCUT2D eigenvalue weighted by atomic mass is 32.2. The number of carbonyl (C=O) groups is 1. The minimum Gasteiger partial charge on any atom is -0.506 e. The number of aromatic hydroxyl groups is 1. The summed E-state index contributed by atoms with van der Waals surface area (Å²) in [7, 11) is -3.89. The van der Waals surface area contributed by atoms with Crippen molar-refractivity contribution in [2.45, 2.75) is 4.90 Å². The molecule has 0 radical (unpaired) electrons. The Morgan fingerprint density at radius 3 is 2.48 bits per heavy atom. The van der Waals surface area contributed by atoms with E-state index >= 15 is 0 Å². The first-order chi connectivity index (χ1) is 9.79. The van der Waals surface area contributed by atoms with Crippen LogP contribution >= 0.6 is 0 Å². The number of phenolic OH excluding ortho intramolecular Hbond substituents is 1. The molecule has 21 heavy (non-hydrogen) atoms. The van der Waals surface area contributed by atoms with E-state index in [1.165, 1.54) is 36.4 Å². The molecule has 2 aromatic carbocycles. The van der Waals surface area contributed by atoms with Crippen LogP contribution in [0.25, 0.3) is 0 Å². The smallest absolute Gasteiger partial charge is 0.261 e. The molecule has 0 saturated carbocycles. The molecule has 0 aromatic heterocycles. The highest BCUT2D eigenvalue weighted by Gasteiger charge is 2.16. The predicted octanol–water partition coefficient (Wildman–Crippen LogP) is 0.874. The number of hydrogen-bond acceptors (Lipinski definition) is 5. The number of anilines is 2. The lowest BCUT2D eigenvalue weighted by molar-refractivity contribution is 0.100. The molecule has 0 saturated heterocycles. The van der Waals surface area contributed by atoms with Crippen molar-refractivity contribution < 1.29 is 18.3 Å². The Kier molecular flexibility index (Phi) is 3.72. The maximum Gasteiger partial charge on any atom is 0.261 e. The second-order valence-electron chi connectivity index (χ2n) is 4.27. The van der Waals surface area contributed by atoms with E-state index in [0.717, 1.165) is 6.07 Å².